The second-order valence-corrected chi connectivity index (χ2v) is 7.76. The van der Waals surface area contributed by atoms with Gasteiger partial charge in [0.05, 0.1) is 20.0 Å². The van der Waals surface area contributed by atoms with E-state index in [-0.39, 0.29) is 22.8 Å². The van der Waals surface area contributed by atoms with Gasteiger partial charge in [-0.2, -0.15) is 0 Å². The van der Waals surface area contributed by atoms with Crippen LogP contribution in [0.25, 0.3) is 0 Å². The molecule has 1 unspecified atom stereocenters. The molecular weight excluding hydrogens is 362 g/mol. The van der Waals surface area contributed by atoms with Gasteiger partial charge in [0.1, 0.15) is 11.0 Å². The summed E-state index contributed by atoms with van der Waals surface area (Å²) in [6, 6.07) is 9.97. The maximum atomic E-state index is 12.6. The lowest BCUT2D eigenvalue weighted by atomic mass is 10.1. The van der Waals surface area contributed by atoms with Gasteiger partial charge in [-0.15, -0.1) is 11.8 Å². The number of Topliss-reactive ketones (excluding diaryl/α,β-unsaturated/α-hetero) is 1. The highest BCUT2D eigenvalue weighted by Gasteiger charge is 2.19. The first-order valence-electron chi connectivity index (χ1n) is 8.89. The summed E-state index contributed by atoms with van der Waals surface area (Å²) in [6.07, 6.45) is 0.877. The van der Waals surface area contributed by atoms with E-state index in [0.717, 1.165) is 35.7 Å². The molecule has 2 rings (SSSR count). The number of aromatic nitrogens is 1. The predicted molar refractivity (Wildman–Crippen MR) is 109 cm³/mol. The minimum absolute atomic E-state index is 0.0413. The molecule has 1 aromatic heterocycles. The Bertz CT molecular complexity index is 795. The first-order chi connectivity index (χ1) is 12.9. The maximum Gasteiger partial charge on any atom is 0.318 e. The van der Waals surface area contributed by atoms with Crippen LogP contribution in [0, 0.1) is 13.8 Å². The summed E-state index contributed by atoms with van der Waals surface area (Å²) in [5.41, 5.74) is 3.98. The number of ketones is 1. The number of ether oxygens (including phenoxy) is 2. The van der Waals surface area contributed by atoms with Crippen LogP contribution >= 0.6 is 11.8 Å². The van der Waals surface area contributed by atoms with Gasteiger partial charge in [0.25, 0.3) is 0 Å². The van der Waals surface area contributed by atoms with E-state index in [1.54, 1.807) is 14.0 Å². The highest BCUT2D eigenvalue weighted by molar-refractivity contribution is 8.01. The number of hydrogen-bond donors (Lipinski definition) is 0. The van der Waals surface area contributed by atoms with Crippen molar-refractivity contribution < 1.29 is 19.1 Å². The van der Waals surface area contributed by atoms with Crippen molar-refractivity contribution in [3.8, 4) is 5.75 Å². The number of nitrogens with zero attached hydrogens (tertiary/aromatic N) is 1. The fourth-order valence-electron chi connectivity index (χ4n) is 2.97. The molecule has 27 heavy (non-hydrogen) atoms. The van der Waals surface area contributed by atoms with Gasteiger partial charge in [-0.3, -0.25) is 9.59 Å². The second kappa shape index (κ2) is 9.65. The Balaban J connectivity index is 2.02. The second-order valence-electron chi connectivity index (χ2n) is 6.43. The molecule has 1 atom stereocenters. The minimum atomic E-state index is -0.350. The van der Waals surface area contributed by atoms with Crippen molar-refractivity contribution in [3.63, 3.8) is 0 Å². The SMILES string of the molecule is COC(=O)C(C)SCC(=O)c1cc(C)n(CCc2ccc(OC)cc2)c1C. The van der Waals surface area contributed by atoms with Gasteiger partial charge in [-0.05, 0) is 51.0 Å². The number of carbonyl (C=O) groups is 2. The van der Waals surface area contributed by atoms with Gasteiger partial charge in [0.2, 0.25) is 0 Å². The lowest BCUT2D eigenvalue weighted by molar-refractivity contribution is -0.139. The monoisotopic (exact) mass is 389 g/mol. The zero-order valence-corrected chi connectivity index (χ0v) is 17.4. The van der Waals surface area contributed by atoms with E-state index in [4.69, 9.17) is 9.47 Å². The Kier molecular flexibility index (Phi) is 7.54. The Hall–Kier alpha value is -2.21. The molecule has 6 heteroatoms. The number of rotatable bonds is 9. The molecule has 0 radical (unpaired) electrons. The molecule has 2 aromatic rings. The summed E-state index contributed by atoms with van der Waals surface area (Å²) < 4.78 is 12.1. The first-order valence-corrected chi connectivity index (χ1v) is 9.94. The van der Waals surface area contributed by atoms with E-state index in [9.17, 15) is 9.59 Å². The zero-order chi connectivity index (χ0) is 20.0. The largest absolute Gasteiger partial charge is 0.497 e. The van der Waals surface area contributed by atoms with Crippen molar-refractivity contribution in [2.24, 2.45) is 0 Å². The van der Waals surface area contributed by atoms with Gasteiger partial charge in [-0.1, -0.05) is 12.1 Å². The summed E-state index contributed by atoms with van der Waals surface area (Å²) in [6.45, 7) is 6.55. The third-order valence-corrected chi connectivity index (χ3v) is 5.78. The molecule has 0 aliphatic rings. The lowest BCUT2D eigenvalue weighted by Crippen LogP contribution is -2.17. The van der Waals surface area contributed by atoms with Crippen molar-refractivity contribution >= 4 is 23.5 Å². The molecule has 0 aliphatic heterocycles. The number of aryl methyl sites for hydroxylation is 2. The van der Waals surface area contributed by atoms with Crippen LogP contribution in [0.1, 0.15) is 34.2 Å². The number of esters is 1. The third kappa shape index (κ3) is 5.39. The highest BCUT2D eigenvalue weighted by atomic mass is 32.2. The molecule has 1 aromatic carbocycles. The molecule has 0 saturated heterocycles. The topological polar surface area (TPSA) is 57.5 Å². The Morgan fingerprint density at radius 2 is 1.81 bits per heavy atom. The predicted octanol–water partition coefficient (Wildman–Crippen LogP) is 3.83. The van der Waals surface area contributed by atoms with Crippen molar-refractivity contribution in [3.05, 3.63) is 52.8 Å². The van der Waals surface area contributed by atoms with Crippen LogP contribution in [-0.4, -0.2) is 41.5 Å². The van der Waals surface area contributed by atoms with Gasteiger partial charge in [0.15, 0.2) is 5.78 Å². The average Bonchev–Trinajstić information content (AvgIpc) is 2.97. The lowest BCUT2D eigenvalue weighted by Gasteiger charge is -2.11. The normalized spacial score (nSPS) is 11.9. The summed E-state index contributed by atoms with van der Waals surface area (Å²) >= 11 is 1.30. The van der Waals surface area contributed by atoms with Crippen molar-refractivity contribution in [1.29, 1.82) is 0 Å². The van der Waals surface area contributed by atoms with Crippen LogP contribution < -0.4 is 4.74 Å². The van der Waals surface area contributed by atoms with Crippen LogP contribution in [0.4, 0.5) is 0 Å². The third-order valence-electron chi connectivity index (χ3n) is 4.65. The Morgan fingerprint density at radius 3 is 2.41 bits per heavy atom. The molecule has 146 valence electrons. The van der Waals surface area contributed by atoms with Gasteiger partial charge in [0, 0.05) is 23.5 Å². The van der Waals surface area contributed by atoms with Crippen LogP contribution in [-0.2, 0) is 22.5 Å². The number of carbonyl (C=O) groups excluding carboxylic acids is 2. The number of benzene rings is 1. The average molecular weight is 390 g/mol. The summed E-state index contributed by atoms with van der Waals surface area (Å²) in [4.78, 5) is 24.1. The van der Waals surface area contributed by atoms with Crippen LogP contribution in [0.15, 0.2) is 30.3 Å². The summed E-state index contributed by atoms with van der Waals surface area (Å²) in [7, 11) is 3.02. The molecule has 5 nitrogen and oxygen atoms in total. The molecule has 0 N–H and O–H groups in total. The van der Waals surface area contributed by atoms with Gasteiger partial charge < -0.3 is 14.0 Å². The quantitative estimate of drug-likeness (QED) is 0.482. The van der Waals surface area contributed by atoms with Crippen LogP contribution in [0.3, 0.4) is 0 Å². The smallest absolute Gasteiger partial charge is 0.318 e. The molecule has 0 fully saturated rings. The van der Waals surface area contributed by atoms with Gasteiger partial charge in [-0.25, -0.2) is 0 Å². The van der Waals surface area contributed by atoms with Crippen LogP contribution in [0.2, 0.25) is 0 Å². The highest BCUT2D eigenvalue weighted by Crippen LogP contribution is 2.21. The maximum absolute atomic E-state index is 12.6. The van der Waals surface area contributed by atoms with E-state index in [0.29, 0.717) is 0 Å². The first kappa shape index (κ1) is 21.1. The van der Waals surface area contributed by atoms with E-state index in [1.807, 2.05) is 32.0 Å². The Labute approximate surface area is 165 Å². The zero-order valence-electron chi connectivity index (χ0n) is 16.6. The summed E-state index contributed by atoms with van der Waals surface area (Å²) in [5.74, 6) is 0.843. The van der Waals surface area contributed by atoms with E-state index >= 15 is 0 Å². The fraction of sp³-hybridized carbons (Fsp3) is 0.429. The molecule has 0 aliphatic carbocycles. The molecule has 1 heterocycles. The van der Waals surface area contributed by atoms with Crippen LogP contribution in [0.5, 0.6) is 5.75 Å². The van der Waals surface area contributed by atoms with Gasteiger partial charge >= 0.3 is 5.97 Å². The van der Waals surface area contributed by atoms with Crippen molar-refractivity contribution in [2.45, 2.75) is 39.0 Å². The molecule has 0 bridgehead atoms. The Morgan fingerprint density at radius 1 is 1.15 bits per heavy atom. The standard InChI is InChI=1S/C21H27NO4S/c1-14-12-19(20(23)13-27-16(3)21(24)26-5)15(2)22(14)11-10-17-6-8-18(25-4)9-7-17/h6-9,12,16H,10-11,13H2,1-5H3. The van der Waals surface area contributed by atoms with Crippen molar-refractivity contribution in [2.75, 3.05) is 20.0 Å². The van der Waals surface area contributed by atoms with E-state index in [2.05, 4.69) is 16.7 Å². The molecule has 0 saturated carbocycles. The molecule has 0 spiro atoms. The number of hydrogen-bond acceptors (Lipinski definition) is 5. The fourth-order valence-corrected chi connectivity index (χ4v) is 3.76. The number of thioether (sulfide) groups is 1. The molecule has 0 amide bonds. The minimum Gasteiger partial charge on any atom is -0.497 e. The van der Waals surface area contributed by atoms with E-state index in [1.165, 1.54) is 24.4 Å². The molecular formula is C21H27NO4S. The summed E-state index contributed by atoms with van der Waals surface area (Å²) in [5, 5.41) is -0.350. The van der Waals surface area contributed by atoms with Crippen molar-refractivity contribution in [1.82, 2.24) is 4.57 Å². The number of methoxy groups -OCH3 is 2. The van der Waals surface area contributed by atoms with E-state index < -0.39 is 0 Å².